The Kier molecular flexibility index (Phi) is 3.70. The molecule has 20 heavy (non-hydrogen) atoms. The third kappa shape index (κ3) is 2.54. The highest BCUT2D eigenvalue weighted by Crippen LogP contribution is 2.37. The van der Waals surface area contributed by atoms with Crippen LogP contribution in [0, 0.1) is 5.92 Å². The number of hydrogen-bond acceptors (Lipinski definition) is 4. The third-order valence-electron chi connectivity index (χ3n) is 3.73. The molecule has 1 unspecified atom stereocenters. The van der Waals surface area contributed by atoms with Crippen molar-refractivity contribution in [1.29, 1.82) is 0 Å². The van der Waals surface area contributed by atoms with Gasteiger partial charge in [-0.2, -0.15) is 0 Å². The van der Waals surface area contributed by atoms with E-state index in [9.17, 15) is 9.59 Å². The van der Waals surface area contributed by atoms with Crippen LogP contribution >= 0.6 is 11.8 Å². The first-order valence-electron chi connectivity index (χ1n) is 6.84. The Balaban J connectivity index is 1.90. The van der Waals surface area contributed by atoms with Crippen LogP contribution in [0.5, 0.6) is 5.75 Å². The number of ether oxygens (including phenoxy) is 1. The molecule has 1 aliphatic carbocycles. The summed E-state index contributed by atoms with van der Waals surface area (Å²) in [5.74, 6) is 1.75. The molecule has 1 saturated heterocycles. The molecule has 1 atom stereocenters. The fourth-order valence-corrected chi connectivity index (χ4v) is 3.41. The predicted octanol–water partition coefficient (Wildman–Crippen LogP) is 2.47. The molecule has 0 radical (unpaired) electrons. The van der Waals surface area contributed by atoms with Crippen molar-refractivity contribution in [3.63, 3.8) is 0 Å². The number of hydrogen-bond donors (Lipinski definition) is 0. The topological polar surface area (TPSA) is 46.6 Å². The van der Waals surface area contributed by atoms with E-state index in [-0.39, 0.29) is 23.0 Å². The SMILES string of the molecule is COc1ccc(N(C(=O)C2CC2)C2CCSC2=O)cc1. The summed E-state index contributed by atoms with van der Waals surface area (Å²) < 4.78 is 5.14. The van der Waals surface area contributed by atoms with Crippen molar-refractivity contribution in [2.45, 2.75) is 25.3 Å². The van der Waals surface area contributed by atoms with E-state index >= 15 is 0 Å². The van der Waals surface area contributed by atoms with Crippen molar-refractivity contribution < 1.29 is 14.3 Å². The summed E-state index contributed by atoms with van der Waals surface area (Å²) in [5.41, 5.74) is 0.795. The molecule has 2 aliphatic rings. The minimum atomic E-state index is -0.304. The lowest BCUT2D eigenvalue weighted by molar-refractivity contribution is -0.122. The fourth-order valence-electron chi connectivity index (χ4n) is 2.45. The molecule has 1 saturated carbocycles. The normalized spacial score (nSPS) is 21.9. The standard InChI is InChI=1S/C15H17NO3S/c1-19-12-6-4-11(5-7-12)16(14(17)10-2-3-10)13-8-9-20-15(13)18/h4-7,10,13H,2-3,8-9H2,1H3. The molecule has 106 valence electrons. The Morgan fingerprint density at radius 2 is 1.95 bits per heavy atom. The van der Waals surface area contributed by atoms with Crippen LogP contribution in [-0.4, -0.2) is 29.9 Å². The molecular weight excluding hydrogens is 274 g/mol. The van der Waals surface area contributed by atoms with Gasteiger partial charge >= 0.3 is 0 Å². The lowest BCUT2D eigenvalue weighted by Gasteiger charge is -2.27. The monoisotopic (exact) mass is 291 g/mol. The zero-order valence-electron chi connectivity index (χ0n) is 11.4. The quantitative estimate of drug-likeness (QED) is 0.855. The van der Waals surface area contributed by atoms with Gasteiger partial charge in [0.15, 0.2) is 0 Å². The number of carbonyl (C=O) groups excluding carboxylic acids is 2. The van der Waals surface area contributed by atoms with Crippen LogP contribution < -0.4 is 9.64 Å². The molecule has 4 nitrogen and oxygen atoms in total. The smallest absolute Gasteiger partial charge is 0.230 e. The largest absolute Gasteiger partial charge is 0.497 e. The second kappa shape index (κ2) is 5.48. The Labute approximate surface area is 122 Å². The van der Waals surface area contributed by atoms with Crippen LogP contribution in [0.4, 0.5) is 5.69 Å². The van der Waals surface area contributed by atoms with E-state index in [1.54, 1.807) is 12.0 Å². The first-order valence-corrected chi connectivity index (χ1v) is 7.83. The molecule has 5 heteroatoms. The lowest BCUT2D eigenvalue weighted by atomic mass is 10.1. The highest BCUT2D eigenvalue weighted by atomic mass is 32.2. The summed E-state index contributed by atoms with van der Waals surface area (Å²) in [5, 5.41) is 0.106. The molecular formula is C15H17NO3S. The third-order valence-corrected chi connectivity index (χ3v) is 4.73. The molecule has 1 amide bonds. The zero-order valence-corrected chi connectivity index (χ0v) is 12.2. The molecule has 0 N–H and O–H groups in total. The van der Waals surface area contributed by atoms with E-state index in [4.69, 9.17) is 4.74 Å². The number of nitrogens with zero attached hydrogens (tertiary/aromatic N) is 1. The number of benzene rings is 1. The predicted molar refractivity (Wildman–Crippen MR) is 79.1 cm³/mol. The van der Waals surface area contributed by atoms with E-state index in [0.29, 0.717) is 0 Å². The second-order valence-electron chi connectivity index (χ2n) is 5.15. The average molecular weight is 291 g/mol. The van der Waals surface area contributed by atoms with E-state index in [0.717, 1.165) is 36.5 Å². The van der Waals surface area contributed by atoms with Gasteiger partial charge in [0.05, 0.1) is 7.11 Å². The van der Waals surface area contributed by atoms with Gasteiger partial charge in [-0.25, -0.2) is 0 Å². The van der Waals surface area contributed by atoms with Gasteiger partial charge < -0.3 is 9.64 Å². The number of rotatable bonds is 4. The Bertz CT molecular complexity index is 524. The average Bonchev–Trinajstić information content (AvgIpc) is 3.24. The summed E-state index contributed by atoms with van der Waals surface area (Å²) in [4.78, 5) is 26.2. The van der Waals surface area contributed by atoms with Crippen molar-refractivity contribution in [1.82, 2.24) is 0 Å². The van der Waals surface area contributed by atoms with Crippen LogP contribution in [0.3, 0.4) is 0 Å². The summed E-state index contributed by atoms with van der Waals surface area (Å²) in [6.45, 7) is 0. The number of thioether (sulfide) groups is 1. The van der Waals surface area contributed by atoms with E-state index in [1.807, 2.05) is 24.3 Å². The summed E-state index contributed by atoms with van der Waals surface area (Å²) in [7, 11) is 1.61. The Morgan fingerprint density at radius 3 is 2.45 bits per heavy atom. The van der Waals surface area contributed by atoms with Gasteiger partial charge in [-0.05, 0) is 43.5 Å². The zero-order chi connectivity index (χ0) is 14.1. The molecule has 0 aromatic heterocycles. The van der Waals surface area contributed by atoms with E-state index in [2.05, 4.69) is 0 Å². The van der Waals surface area contributed by atoms with Crippen molar-refractivity contribution in [2.24, 2.45) is 5.92 Å². The van der Waals surface area contributed by atoms with Gasteiger partial charge in [0.25, 0.3) is 0 Å². The van der Waals surface area contributed by atoms with Crippen LogP contribution in [0.25, 0.3) is 0 Å². The molecule has 1 aromatic rings. The molecule has 1 aromatic carbocycles. The number of anilines is 1. The number of amides is 1. The molecule has 1 heterocycles. The van der Waals surface area contributed by atoms with Gasteiger partial charge in [-0.1, -0.05) is 11.8 Å². The molecule has 3 rings (SSSR count). The molecule has 0 bridgehead atoms. The highest BCUT2D eigenvalue weighted by Gasteiger charge is 2.41. The second-order valence-corrected chi connectivity index (χ2v) is 6.25. The van der Waals surface area contributed by atoms with Gasteiger partial charge in [0.1, 0.15) is 11.8 Å². The van der Waals surface area contributed by atoms with Crippen LogP contribution in [0.15, 0.2) is 24.3 Å². The molecule has 0 spiro atoms. The first-order chi connectivity index (χ1) is 9.70. The fraction of sp³-hybridized carbons (Fsp3) is 0.467. The van der Waals surface area contributed by atoms with Gasteiger partial charge in [0.2, 0.25) is 11.0 Å². The summed E-state index contributed by atoms with van der Waals surface area (Å²) >= 11 is 1.33. The lowest BCUT2D eigenvalue weighted by Crippen LogP contribution is -2.43. The van der Waals surface area contributed by atoms with Crippen molar-refractivity contribution in [3.05, 3.63) is 24.3 Å². The van der Waals surface area contributed by atoms with E-state index in [1.165, 1.54) is 11.8 Å². The molecule has 1 aliphatic heterocycles. The first kappa shape index (κ1) is 13.5. The molecule has 2 fully saturated rings. The minimum absolute atomic E-state index is 0.0935. The minimum Gasteiger partial charge on any atom is -0.497 e. The van der Waals surface area contributed by atoms with Gasteiger partial charge in [-0.3, -0.25) is 9.59 Å². The Hall–Kier alpha value is -1.49. The van der Waals surface area contributed by atoms with Crippen LogP contribution in [-0.2, 0) is 9.59 Å². The highest BCUT2D eigenvalue weighted by molar-refractivity contribution is 8.14. The maximum absolute atomic E-state index is 12.5. The van der Waals surface area contributed by atoms with Crippen molar-refractivity contribution >= 4 is 28.5 Å². The summed E-state index contributed by atoms with van der Waals surface area (Å²) in [6.07, 6.45) is 2.63. The summed E-state index contributed by atoms with van der Waals surface area (Å²) in [6, 6.07) is 7.07. The maximum Gasteiger partial charge on any atom is 0.230 e. The van der Waals surface area contributed by atoms with Gasteiger partial charge in [-0.15, -0.1) is 0 Å². The van der Waals surface area contributed by atoms with E-state index < -0.39 is 0 Å². The maximum atomic E-state index is 12.5. The van der Waals surface area contributed by atoms with Crippen molar-refractivity contribution in [3.8, 4) is 5.75 Å². The van der Waals surface area contributed by atoms with Crippen molar-refractivity contribution in [2.75, 3.05) is 17.8 Å². The van der Waals surface area contributed by atoms with Crippen LogP contribution in [0.2, 0.25) is 0 Å². The number of carbonyl (C=O) groups is 2. The number of methoxy groups -OCH3 is 1. The Morgan fingerprint density at radius 1 is 1.25 bits per heavy atom. The van der Waals surface area contributed by atoms with Crippen LogP contribution in [0.1, 0.15) is 19.3 Å². The van der Waals surface area contributed by atoms with Gasteiger partial charge in [0, 0.05) is 17.4 Å².